The number of rotatable bonds is 6. The van der Waals surface area contributed by atoms with Crippen LogP contribution in [0.5, 0.6) is 0 Å². The van der Waals surface area contributed by atoms with E-state index in [-0.39, 0.29) is 0 Å². The van der Waals surface area contributed by atoms with Crippen molar-refractivity contribution in [3.05, 3.63) is 35.4 Å². The van der Waals surface area contributed by atoms with Crippen molar-refractivity contribution in [1.29, 1.82) is 0 Å². The molecule has 106 valence electrons. The van der Waals surface area contributed by atoms with E-state index in [1.165, 1.54) is 5.56 Å². The van der Waals surface area contributed by atoms with Crippen LogP contribution in [0.2, 0.25) is 0 Å². The molecule has 1 heterocycles. The van der Waals surface area contributed by atoms with E-state index in [0.29, 0.717) is 12.5 Å². The number of aliphatic hydroxyl groups is 1. The molecule has 0 spiro atoms. The fraction of sp³-hybridized carbons (Fsp3) is 0.625. The first-order valence-electron chi connectivity index (χ1n) is 7.22. The van der Waals surface area contributed by atoms with Gasteiger partial charge in [0, 0.05) is 19.8 Å². The molecule has 0 aliphatic carbocycles. The monoisotopic (exact) mass is 264 g/mol. The summed E-state index contributed by atoms with van der Waals surface area (Å²) in [4.78, 5) is 0. The third-order valence-corrected chi connectivity index (χ3v) is 3.74. The van der Waals surface area contributed by atoms with Crippen molar-refractivity contribution < 1.29 is 14.6 Å². The second kappa shape index (κ2) is 7.63. The molecule has 3 heteroatoms. The van der Waals surface area contributed by atoms with Gasteiger partial charge in [-0.15, -0.1) is 0 Å². The van der Waals surface area contributed by atoms with E-state index >= 15 is 0 Å². The molecular formula is C16H24O3. The summed E-state index contributed by atoms with van der Waals surface area (Å²) in [5.41, 5.74) is 2.23. The van der Waals surface area contributed by atoms with Crippen molar-refractivity contribution in [1.82, 2.24) is 0 Å². The lowest BCUT2D eigenvalue weighted by atomic mass is 10.0. The van der Waals surface area contributed by atoms with Crippen LogP contribution in [0.1, 0.15) is 37.0 Å². The largest absolute Gasteiger partial charge is 0.386 e. The average molecular weight is 264 g/mol. The summed E-state index contributed by atoms with van der Waals surface area (Å²) in [5.74, 6) is 0.586. The maximum Gasteiger partial charge on any atom is 0.102 e. The van der Waals surface area contributed by atoms with Gasteiger partial charge in [-0.25, -0.2) is 0 Å². The van der Waals surface area contributed by atoms with Gasteiger partial charge in [-0.3, -0.25) is 0 Å². The maximum atomic E-state index is 10.1. The Morgan fingerprint density at radius 3 is 2.58 bits per heavy atom. The highest BCUT2D eigenvalue weighted by molar-refractivity contribution is 5.24. The number of hydrogen-bond donors (Lipinski definition) is 1. The number of hydrogen-bond acceptors (Lipinski definition) is 3. The van der Waals surface area contributed by atoms with Gasteiger partial charge < -0.3 is 14.6 Å². The van der Waals surface area contributed by atoms with E-state index in [0.717, 1.165) is 44.6 Å². The Morgan fingerprint density at radius 1 is 1.26 bits per heavy atom. The Hall–Kier alpha value is -0.900. The molecule has 1 aromatic carbocycles. The molecule has 1 atom stereocenters. The van der Waals surface area contributed by atoms with Gasteiger partial charge in [-0.05, 0) is 36.3 Å². The number of aliphatic hydroxyl groups excluding tert-OH is 1. The van der Waals surface area contributed by atoms with Crippen molar-refractivity contribution in [2.75, 3.05) is 26.4 Å². The second-order valence-corrected chi connectivity index (χ2v) is 5.20. The highest BCUT2D eigenvalue weighted by Gasteiger charge is 2.15. The second-order valence-electron chi connectivity index (χ2n) is 5.20. The molecule has 0 bridgehead atoms. The summed E-state index contributed by atoms with van der Waals surface area (Å²) in [6, 6.07) is 8.11. The zero-order valence-electron chi connectivity index (χ0n) is 11.7. The predicted octanol–water partition coefficient (Wildman–Crippen LogP) is 2.73. The van der Waals surface area contributed by atoms with Crippen LogP contribution in [0.25, 0.3) is 0 Å². The molecule has 1 N–H and O–H groups in total. The molecule has 0 amide bonds. The summed E-state index contributed by atoms with van der Waals surface area (Å²) in [7, 11) is 0. The normalized spacial score (nSPS) is 18.4. The van der Waals surface area contributed by atoms with Crippen LogP contribution in [0.3, 0.4) is 0 Å². The Morgan fingerprint density at radius 2 is 1.95 bits per heavy atom. The summed E-state index contributed by atoms with van der Waals surface area (Å²) < 4.78 is 11.0. The van der Waals surface area contributed by atoms with E-state index in [9.17, 15) is 5.11 Å². The molecule has 1 aliphatic heterocycles. The van der Waals surface area contributed by atoms with E-state index in [4.69, 9.17) is 9.47 Å². The van der Waals surface area contributed by atoms with Crippen LogP contribution in [-0.2, 0) is 15.9 Å². The summed E-state index contributed by atoms with van der Waals surface area (Å²) >= 11 is 0. The zero-order valence-corrected chi connectivity index (χ0v) is 11.7. The lowest BCUT2D eigenvalue weighted by Gasteiger charge is -2.22. The van der Waals surface area contributed by atoms with E-state index in [1.807, 2.05) is 12.1 Å². The Bertz CT molecular complexity index is 355. The molecule has 0 aromatic heterocycles. The van der Waals surface area contributed by atoms with Crippen molar-refractivity contribution in [2.24, 2.45) is 5.92 Å². The molecule has 1 fully saturated rings. The van der Waals surface area contributed by atoms with Crippen LogP contribution in [0.15, 0.2) is 24.3 Å². The van der Waals surface area contributed by atoms with E-state index in [2.05, 4.69) is 19.1 Å². The minimum atomic E-state index is -0.522. The molecular weight excluding hydrogens is 240 g/mol. The van der Waals surface area contributed by atoms with Gasteiger partial charge in [0.25, 0.3) is 0 Å². The Labute approximate surface area is 115 Å². The zero-order chi connectivity index (χ0) is 13.5. The first kappa shape index (κ1) is 14.5. The molecule has 1 unspecified atom stereocenters. The van der Waals surface area contributed by atoms with Gasteiger partial charge >= 0.3 is 0 Å². The highest BCUT2D eigenvalue weighted by atomic mass is 16.5. The number of aryl methyl sites for hydroxylation is 1. The topological polar surface area (TPSA) is 38.7 Å². The van der Waals surface area contributed by atoms with Gasteiger partial charge in [-0.1, -0.05) is 31.2 Å². The smallest absolute Gasteiger partial charge is 0.102 e. The lowest BCUT2D eigenvalue weighted by molar-refractivity contribution is -0.00966. The summed E-state index contributed by atoms with van der Waals surface area (Å²) in [6.45, 7) is 4.92. The van der Waals surface area contributed by atoms with Gasteiger partial charge in [0.05, 0.1) is 6.61 Å². The maximum absolute atomic E-state index is 10.1. The molecule has 2 rings (SSSR count). The molecule has 1 saturated heterocycles. The van der Waals surface area contributed by atoms with Gasteiger partial charge in [0.15, 0.2) is 0 Å². The van der Waals surface area contributed by atoms with Crippen LogP contribution >= 0.6 is 0 Å². The Kier molecular flexibility index (Phi) is 5.83. The number of ether oxygens (including phenoxy) is 2. The fourth-order valence-electron chi connectivity index (χ4n) is 2.33. The van der Waals surface area contributed by atoms with E-state index < -0.39 is 6.10 Å². The molecule has 1 aliphatic rings. The summed E-state index contributed by atoms with van der Waals surface area (Å²) in [6.07, 6.45) is 2.64. The molecule has 1 aromatic rings. The Balaban J connectivity index is 1.72. The van der Waals surface area contributed by atoms with Gasteiger partial charge in [0.1, 0.15) is 6.10 Å². The van der Waals surface area contributed by atoms with Crippen LogP contribution in [-0.4, -0.2) is 31.5 Å². The number of benzene rings is 1. The molecule has 0 radical (unpaired) electrons. The first-order chi connectivity index (χ1) is 9.29. The van der Waals surface area contributed by atoms with Crippen LogP contribution < -0.4 is 0 Å². The minimum Gasteiger partial charge on any atom is -0.386 e. The molecule has 3 nitrogen and oxygen atoms in total. The third-order valence-electron chi connectivity index (χ3n) is 3.74. The SMILES string of the molecule is CCc1ccc(C(O)COCC2CCOCC2)cc1. The van der Waals surface area contributed by atoms with Gasteiger partial charge in [-0.2, -0.15) is 0 Å². The van der Waals surface area contributed by atoms with Crippen molar-refractivity contribution in [2.45, 2.75) is 32.3 Å². The highest BCUT2D eigenvalue weighted by Crippen LogP contribution is 2.18. The van der Waals surface area contributed by atoms with Crippen LogP contribution in [0, 0.1) is 5.92 Å². The standard InChI is InChI=1S/C16H24O3/c1-2-13-3-5-15(6-4-13)16(17)12-19-11-14-7-9-18-10-8-14/h3-6,14,16-17H,2,7-12H2,1H3. The van der Waals surface area contributed by atoms with Crippen LogP contribution in [0.4, 0.5) is 0 Å². The van der Waals surface area contributed by atoms with Crippen molar-refractivity contribution >= 4 is 0 Å². The molecule has 19 heavy (non-hydrogen) atoms. The quantitative estimate of drug-likeness (QED) is 0.858. The average Bonchev–Trinajstić information content (AvgIpc) is 2.48. The predicted molar refractivity (Wildman–Crippen MR) is 75.1 cm³/mol. The first-order valence-corrected chi connectivity index (χ1v) is 7.22. The fourth-order valence-corrected chi connectivity index (χ4v) is 2.33. The minimum absolute atomic E-state index is 0.378. The molecule has 0 saturated carbocycles. The third kappa shape index (κ3) is 4.60. The lowest BCUT2D eigenvalue weighted by Crippen LogP contribution is -2.21. The summed E-state index contributed by atoms with van der Waals surface area (Å²) in [5, 5.41) is 10.1. The van der Waals surface area contributed by atoms with E-state index in [1.54, 1.807) is 0 Å². The van der Waals surface area contributed by atoms with Crippen molar-refractivity contribution in [3.8, 4) is 0 Å². The van der Waals surface area contributed by atoms with Crippen molar-refractivity contribution in [3.63, 3.8) is 0 Å². The van der Waals surface area contributed by atoms with Gasteiger partial charge in [0.2, 0.25) is 0 Å².